The second-order valence-electron chi connectivity index (χ2n) is 6.67. The Hall–Kier alpha value is -1.42. The molecule has 0 aromatic heterocycles. The van der Waals surface area contributed by atoms with E-state index in [4.69, 9.17) is 5.73 Å². The normalized spacial score (nSPS) is 24.5. The van der Waals surface area contributed by atoms with Gasteiger partial charge in [-0.1, -0.05) is 18.6 Å². The van der Waals surface area contributed by atoms with E-state index in [0.717, 1.165) is 50.6 Å². The molecule has 0 aliphatic heterocycles. The molecule has 0 spiro atoms. The van der Waals surface area contributed by atoms with Gasteiger partial charge in [0.05, 0.1) is 0 Å². The van der Waals surface area contributed by atoms with E-state index in [-0.39, 0.29) is 11.7 Å². The Balaban J connectivity index is 1.62. The van der Waals surface area contributed by atoms with Gasteiger partial charge in [-0.25, -0.2) is 4.39 Å². The Labute approximate surface area is 131 Å². The number of nitrogens with zero attached hydrogens (tertiary/aromatic N) is 1. The van der Waals surface area contributed by atoms with Gasteiger partial charge in [0.25, 0.3) is 0 Å². The Bertz CT molecular complexity index is 512. The van der Waals surface area contributed by atoms with Crippen molar-refractivity contribution in [3.8, 4) is 0 Å². The average Bonchev–Trinajstić information content (AvgIpc) is 3.25. The van der Waals surface area contributed by atoms with Crippen molar-refractivity contribution < 1.29 is 9.18 Å². The van der Waals surface area contributed by atoms with Gasteiger partial charge in [0.2, 0.25) is 5.91 Å². The first kappa shape index (κ1) is 15.5. The largest absolute Gasteiger partial charge is 0.339 e. The molecule has 2 aliphatic rings. The molecular weight excluding hydrogens is 279 g/mol. The molecule has 0 unspecified atom stereocenters. The topological polar surface area (TPSA) is 46.3 Å². The summed E-state index contributed by atoms with van der Waals surface area (Å²) in [5.74, 6) is 0.576. The lowest BCUT2D eigenvalue weighted by molar-refractivity contribution is -0.137. The highest BCUT2D eigenvalue weighted by Gasteiger charge is 2.39. The zero-order valence-electron chi connectivity index (χ0n) is 13.0. The first-order valence-corrected chi connectivity index (χ1v) is 8.44. The monoisotopic (exact) mass is 304 g/mol. The van der Waals surface area contributed by atoms with Crippen molar-refractivity contribution in [1.82, 2.24) is 4.90 Å². The minimum absolute atomic E-state index is 0.124. The Kier molecular flexibility index (Phi) is 4.77. The number of nitrogens with two attached hydrogens (primary N) is 1. The van der Waals surface area contributed by atoms with Gasteiger partial charge in [0.1, 0.15) is 5.82 Å². The van der Waals surface area contributed by atoms with Crippen molar-refractivity contribution in [2.45, 2.75) is 44.6 Å². The van der Waals surface area contributed by atoms with Gasteiger partial charge in [-0.05, 0) is 62.3 Å². The molecule has 2 saturated carbocycles. The number of benzene rings is 1. The molecule has 0 saturated heterocycles. The molecule has 1 aromatic carbocycles. The van der Waals surface area contributed by atoms with Crippen molar-refractivity contribution in [3.05, 3.63) is 35.6 Å². The standard InChI is InChI=1S/C18H25FN2O/c19-15-6-4-13(5-7-15)10-11-21(16-8-9-16)18(22)17-3-1-2-14(17)12-20/h4-7,14,16-17H,1-3,8-12,20H2/t14-,17-/m1/s1. The number of hydrogen-bond donors (Lipinski definition) is 1. The van der Waals surface area contributed by atoms with Crippen LogP contribution in [-0.4, -0.2) is 29.9 Å². The summed E-state index contributed by atoms with van der Waals surface area (Å²) >= 11 is 0. The van der Waals surface area contributed by atoms with Gasteiger partial charge in [-0.15, -0.1) is 0 Å². The summed E-state index contributed by atoms with van der Waals surface area (Å²) in [6.07, 6.45) is 6.23. The number of rotatable bonds is 6. The van der Waals surface area contributed by atoms with Crippen LogP contribution in [0, 0.1) is 17.7 Å². The lowest BCUT2D eigenvalue weighted by Gasteiger charge is -2.28. The number of hydrogen-bond acceptors (Lipinski definition) is 2. The number of carbonyl (C=O) groups is 1. The molecule has 2 aliphatic carbocycles. The molecule has 4 heteroatoms. The number of carbonyl (C=O) groups excluding carboxylic acids is 1. The van der Waals surface area contributed by atoms with Crippen LogP contribution in [0.3, 0.4) is 0 Å². The smallest absolute Gasteiger partial charge is 0.226 e. The molecule has 1 aromatic rings. The second-order valence-corrected chi connectivity index (χ2v) is 6.67. The summed E-state index contributed by atoms with van der Waals surface area (Å²) in [7, 11) is 0. The third kappa shape index (κ3) is 3.49. The summed E-state index contributed by atoms with van der Waals surface area (Å²) in [4.78, 5) is 15.0. The molecule has 1 amide bonds. The van der Waals surface area contributed by atoms with Crippen molar-refractivity contribution in [1.29, 1.82) is 0 Å². The SMILES string of the molecule is NC[C@H]1CCC[C@H]1C(=O)N(CCc1ccc(F)cc1)C1CC1. The van der Waals surface area contributed by atoms with Gasteiger partial charge in [-0.3, -0.25) is 4.79 Å². The van der Waals surface area contributed by atoms with Crippen molar-refractivity contribution in [2.24, 2.45) is 17.6 Å². The number of halogens is 1. The van der Waals surface area contributed by atoms with Crippen LogP contribution in [0.5, 0.6) is 0 Å². The summed E-state index contributed by atoms with van der Waals surface area (Å²) in [6.45, 7) is 1.36. The quantitative estimate of drug-likeness (QED) is 0.878. The molecule has 3 nitrogen and oxygen atoms in total. The minimum atomic E-state index is -0.212. The van der Waals surface area contributed by atoms with Crippen molar-refractivity contribution in [2.75, 3.05) is 13.1 Å². The highest BCUT2D eigenvalue weighted by molar-refractivity contribution is 5.80. The molecule has 0 bridgehead atoms. The molecule has 2 fully saturated rings. The van der Waals surface area contributed by atoms with Gasteiger partial charge in [-0.2, -0.15) is 0 Å². The molecule has 0 heterocycles. The van der Waals surface area contributed by atoms with Crippen LogP contribution in [0.1, 0.15) is 37.7 Å². The molecule has 120 valence electrons. The summed E-state index contributed by atoms with van der Waals surface area (Å²) < 4.78 is 13.0. The van der Waals surface area contributed by atoms with Gasteiger partial charge in [0.15, 0.2) is 0 Å². The van der Waals surface area contributed by atoms with E-state index in [0.29, 0.717) is 24.4 Å². The molecular formula is C18H25FN2O. The second kappa shape index (κ2) is 6.78. The molecule has 0 radical (unpaired) electrons. The van der Waals surface area contributed by atoms with E-state index in [9.17, 15) is 9.18 Å². The highest BCUT2D eigenvalue weighted by Crippen LogP contribution is 2.36. The third-order valence-electron chi connectivity index (χ3n) is 5.10. The van der Waals surface area contributed by atoms with E-state index in [1.165, 1.54) is 12.1 Å². The van der Waals surface area contributed by atoms with E-state index in [2.05, 4.69) is 4.90 Å². The van der Waals surface area contributed by atoms with E-state index in [1.54, 1.807) is 0 Å². The van der Waals surface area contributed by atoms with Crippen LogP contribution in [0.25, 0.3) is 0 Å². The maximum absolute atomic E-state index is 13.0. The summed E-state index contributed by atoms with van der Waals surface area (Å²) in [5.41, 5.74) is 6.91. The van der Waals surface area contributed by atoms with Crippen LogP contribution >= 0.6 is 0 Å². The van der Waals surface area contributed by atoms with Gasteiger partial charge < -0.3 is 10.6 Å². The van der Waals surface area contributed by atoms with Gasteiger partial charge >= 0.3 is 0 Å². The Morgan fingerprint density at radius 2 is 1.91 bits per heavy atom. The first-order valence-electron chi connectivity index (χ1n) is 8.44. The van der Waals surface area contributed by atoms with E-state index in [1.807, 2.05) is 12.1 Å². The first-order chi connectivity index (χ1) is 10.7. The fraction of sp³-hybridized carbons (Fsp3) is 0.611. The van der Waals surface area contributed by atoms with E-state index >= 15 is 0 Å². The van der Waals surface area contributed by atoms with Crippen molar-refractivity contribution in [3.63, 3.8) is 0 Å². The molecule has 2 atom stereocenters. The molecule has 2 N–H and O–H groups in total. The van der Waals surface area contributed by atoms with Crippen LogP contribution in [0.2, 0.25) is 0 Å². The minimum Gasteiger partial charge on any atom is -0.339 e. The predicted octanol–water partition coefficient (Wildman–Crippen LogP) is 2.73. The van der Waals surface area contributed by atoms with Gasteiger partial charge in [0, 0.05) is 18.5 Å². The third-order valence-corrected chi connectivity index (χ3v) is 5.10. The highest BCUT2D eigenvalue weighted by atomic mass is 19.1. The van der Waals surface area contributed by atoms with Crippen LogP contribution in [0.4, 0.5) is 4.39 Å². The van der Waals surface area contributed by atoms with Crippen LogP contribution in [0.15, 0.2) is 24.3 Å². The fourth-order valence-electron chi connectivity index (χ4n) is 3.62. The maximum atomic E-state index is 13.0. The zero-order valence-corrected chi connectivity index (χ0v) is 13.0. The predicted molar refractivity (Wildman–Crippen MR) is 84.7 cm³/mol. The Morgan fingerprint density at radius 3 is 2.55 bits per heavy atom. The lowest BCUT2D eigenvalue weighted by Crippen LogP contribution is -2.41. The van der Waals surface area contributed by atoms with Crippen LogP contribution in [-0.2, 0) is 11.2 Å². The van der Waals surface area contributed by atoms with Crippen molar-refractivity contribution >= 4 is 5.91 Å². The lowest BCUT2D eigenvalue weighted by atomic mass is 9.94. The molecule has 22 heavy (non-hydrogen) atoms. The maximum Gasteiger partial charge on any atom is 0.226 e. The number of amides is 1. The summed E-state index contributed by atoms with van der Waals surface area (Å²) in [6, 6.07) is 7.01. The van der Waals surface area contributed by atoms with Crippen LogP contribution < -0.4 is 5.73 Å². The van der Waals surface area contributed by atoms with E-state index < -0.39 is 0 Å². The fourth-order valence-corrected chi connectivity index (χ4v) is 3.62. The molecule has 3 rings (SSSR count). The zero-order chi connectivity index (χ0) is 15.5. The Morgan fingerprint density at radius 1 is 1.18 bits per heavy atom. The summed E-state index contributed by atoms with van der Waals surface area (Å²) in [5, 5.41) is 0. The average molecular weight is 304 g/mol.